The molecule has 1 aliphatic rings. The summed E-state index contributed by atoms with van der Waals surface area (Å²) in [4.78, 5) is 1.71. The molecule has 1 fully saturated rings. The molecule has 12 heavy (non-hydrogen) atoms. The van der Waals surface area contributed by atoms with Crippen LogP contribution in [0.15, 0.2) is 0 Å². The lowest BCUT2D eigenvalue weighted by Gasteiger charge is -2.33. The summed E-state index contributed by atoms with van der Waals surface area (Å²) in [6, 6.07) is 0. The highest BCUT2D eigenvalue weighted by molar-refractivity contribution is 7.80. The van der Waals surface area contributed by atoms with Crippen molar-refractivity contribution in [2.24, 2.45) is 0 Å². The Balaban J connectivity index is 2.18. The number of nitrogens with zero attached hydrogens (tertiary/aromatic N) is 1. The first-order valence-electron chi connectivity index (χ1n) is 3.58. The topological polar surface area (TPSA) is 15.3 Å². The predicted molar refractivity (Wildman–Crippen MR) is 42.8 cm³/mol. The van der Waals surface area contributed by atoms with Crippen LogP contribution >= 0.6 is 12.2 Å². The van der Waals surface area contributed by atoms with Gasteiger partial charge in [0.15, 0.2) is 5.11 Å². The van der Waals surface area contributed by atoms with Crippen molar-refractivity contribution in [2.75, 3.05) is 19.6 Å². The Morgan fingerprint density at radius 3 is 2.33 bits per heavy atom. The average molecular weight is 198 g/mol. The molecule has 1 N–H and O–H groups in total. The first-order chi connectivity index (χ1) is 5.49. The standard InChI is InChI=1S/C6H9F3N2S/c7-6(8,9)4-10-5(12)11-2-1-3-11/h1-4H2,(H,10,12). The maximum atomic E-state index is 11.7. The van der Waals surface area contributed by atoms with Crippen LogP contribution in [-0.2, 0) is 0 Å². The van der Waals surface area contributed by atoms with Crippen LogP contribution in [0.2, 0.25) is 0 Å². The highest BCUT2D eigenvalue weighted by Crippen LogP contribution is 2.13. The summed E-state index contributed by atoms with van der Waals surface area (Å²) in [5.74, 6) is 0. The molecule has 0 amide bonds. The second-order valence-electron chi connectivity index (χ2n) is 2.61. The van der Waals surface area contributed by atoms with E-state index in [0.29, 0.717) is 0 Å². The van der Waals surface area contributed by atoms with Crippen molar-refractivity contribution in [1.82, 2.24) is 10.2 Å². The molecule has 1 heterocycles. The lowest BCUT2D eigenvalue weighted by molar-refractivity contribution is -0.122. The van der Waals surface area contributed by atoms with Gasteiger partial charge in [-0.15, -0.1) is 0 Å². The van der Waals surface area contributed by atoms with Crippen LogP contribution in [-0.4, -0.2) is 35.8 Å². The third-order valence-electron chi connectivity index (χ3n) is 1.58. The predicted octanol–water partition coefficient (Wildman–Crippen LogP) is 1.13. The van der Waals surface area contributed by atoms with E-state index in [0.717, 1.165) is 19.5 Å². The zero-order chi connectivity index (χ0) is 9.19. The number of hydrogen-bond acceptors (Lipinski definition) is 1. The lowest BCUT2D eigenvalue weighted by Crippen LogP contribution is -2.49. The van der Waals surface area contributed by atoms with Crippen LogP contribution in [0.4, 0.5) is 13.2 Å². The highest BCUT2D eigenvalue weighted by Gasteiger charge is 2.28. The van der Waals surface area contributed by atoms with Gasteiger partial charge in [-0.05, 0) is 18.6 Å². The molecular weight excluding hydrogens is 189 g/mol. The number of likely N-dealkylation sites (tertiary alicyclic amines) is 1. The van der Waals surface area contributed by atoms with E-state index in [1.165, 1.54) is 0 Å². The molecule has 0 unspecified atom stereocenters. The Hall–Kier alpha value is -0.520. The number of nitrogens with one attached hydrogen (secondary N) is 1. The van der Waals surface area contributed by atoms with Crippen LogP contribution in [0.1, 0.15) is 6.42 Å². The number of alkyl halides is 3. The van der Waals surface area contributed by atoms with Gasteiger partial charge in [0, 0.05) is 13.1 Å². The Morgan fingerprint density at radius 2 is 2.00 bits per heavy atom. The average Bonchev–Trinajstić information content (AvgIpc) is 1.78. The van der Waals surface area contributed by atoms with Gasteiger partial charge < -0.3 is 10.2 Å². The van der Waals surface area contributed by atoms with Gasteiger partial charge in [-0.25, -0.2) is 0 Å². The summed E-state index contributed by atoms with van der Waals surface area (Å²) in [6.07, 6.45) is -3.18. The summed E-state index contributed by atoms with van der Waals surface area (Å²) in [5.41, 5.74) is 0. The van der Waals surface area contributed by atoms with Crippen LogP contribution in [0.25, 0.3) is 0 Å². The second-order valence-corrected chi connectivity index (χ2v) is 3.00. The molecule has 0 aromatic rings. The number of rotatable bonds is 1. The van der Waals surface area contributed by atoms with Gasteiger partial charge in [-0.1, -0.05) is 0 Å². The van der Waals surface area contributed by atoms with E-state index < -0.39 is 12.7 Å². The van der Waals surface area contributed by atoms with E-state index in [1.54, 1.807) is 4.90 Å². The quantitative estimate of drug-likeness (QED) is 0.636. The molecule has 0 radical (unpaired) electrons. The molecule has 0 bridgehead atoms. The lowest BCUT2D eigenvalue weighted by atomic mass is 10.2. The molecule has 0 aromatic carbocycles. The molecule has 0 spiro atoms. The summed E-state index contributed by atoms with van der Waals surface area (Å²) >= 11 is 4.71. The zero-order valence-electron chi connectivity index (χ0n) is 6.32. The molecule has 1 saturated heterocycles. The van der Waals surface area contributed by atoms with E-state index in [2.05, 4.69) is 5.32 Å². The van der Waals surface area contributed by atoms with Gasteiger partial charge in [-0.2, -0.15) is 13.2 Å². The summed E-state index contributed by atoms with van der Waals surface area (Å²) < 4.78 is 35.0. The van der Waals surface area contributed by atoms with E-state index >= 15 is 0 Å². The fourth-order valence-electron chi connectivity index (χ4n) is 0.807. The van der Waals surface area contributed by atoms with Gasteiger partial charge in [-0.3, -0.25) is 0 Å². The third kappa shape index (κ3) is 2.84. The van der Waals surface area contributed by atoms with Crippen molar-refractivity contribution < 1.29 is 13.2 Å². The molecule has 70 valence electrons. The van der Waals surface area contributed by atoms with Crippen LogP contribution < -0.4 is 5.32 Å². The second kappa shape index (κ2) is 3.47. The smallest absolute Gasteiger partial charge is 0.354 e. The van der Waals surface area contributed by atoms with Crippen LogP contribution in [0.3, 0.4) is 0 Å². The summed E-state index contributed by atoms with van der Waals surface area (Å²) in [6.45, 7) is 0.496. The Labute approximate surface area is 73.7 Å². The number of hydrogen-bond donors (Lipinski definition) is 1. The molecule has 0 aliphatic carbocycles. The van der Waals surface area contributed by atoms with Crippen molar-refractivity contribution >= 4 is 17.3 Å². The first kappa shape index (κ1) is 9.57. The van der Waals surface area contributed by atoms with E-state index in [1.807, 2.05) is 0 Å². The third-order valence-corrected chi connectivity index (χ3v) is 1.99. The van der Waals surface area contributed by atoms with E-state index in [9.17, 15) is 13.2 Å². The van der Waals surface area contributed by atoms with E-state index in [-0.39, 0.29) is 5.11 Å². The normalized spacial score (nSPS) is 17.1. The molecule has 1 rings (SSSR count). The van der Waals surface area contributed by atoms with Gasteiger partial charge >= 0.3 is 6.18 Å². The van der Waals surface area contributed by atoms with Gasteiger partial charge in [0.1, 0.15) is 6.54 Å². The van der Waals surface area contributed by atoms with Crippen molar-refractivity contribution in [3.63, 3.8) is 0 Å². The van der Waals surface area contributed by atoms with Crippen LogP contribution in [0.5, 0.6) is 0 Å². The van der Waals surface area contributed by atoms with Crippen molar-refractivity contribution in [1.29, 1.82) is 0 Å². The maximum absolute atomic E-state index is 11.7. The van der Waals surface area contributed by atoms with Crippen molar-refractivity contribution in [3.8, 4) is 0 Å². The molecule has 0 saturated carbocycles. The first-order valence-corrected chi connectivity index (χ1v) is 3.99. The highest BCUT2D eigenvalue weighted by atomic mass is 32.1. The Morgan fingerprint density at radius 1 is 1.42 bits per heavy atom. The van der Waals surface area contributed by atoms with Crippen molar-refractivity contribution in [3.05, 3.63) is 0 Å². The minimum atomic E-state index is -4.19. The maximum Gasteiger partial charge on any atom is 0.405 e. The minimum absolute atomic E-state index is 0.207. The zero-order valence-corrected chi connectivity index (χ0v) is 7.13. The van der Waals surface area contributed by atoms with Gasteiger partial charge in [0.05, 0.1) is 0 Å². The SMILES string of the molecule is FC(F)(F)CNC(=S)N1CCC1. The fraction of sp³-hybridized carbons (Fsp3) is 0.833. The molecular formula is C6H9F3N2S. The fourth-order valence-corrected chi connectivity index (χ4v) is 1.06. The molecule has 1 aliphatic heterocycles. The Kier molecular flexibility index (Phi) is 2.76. The number of halogens is 3. The molecule has 2 nitrogen and oxygen atoms in total. The largest absolute Gasteiger partial charge is 0.405 e. The van der Waals surface area contributed by atoms with Gasteiger partial charge in [0.25, 0.3) is 0 Å². The molecule has 0 atom stereocenters. The van der Waals surface area contributed by atoms with E-state index in [4.69, 9.17) is 12.2 Å². The Bertz CT molecular complexity index is 176. The van der Waals surface area contributed by atoms with Crippen molar-refractivity contribution in [2.45, 2.75) is 12.6 Å². The summed E-state index contributed by atoms with van der Waals surface area (Å²) in [7, 11) is 0. The minimum Gasteiger partial charge on any atom is -0.354 e. The van der Waals surface area contributed by atoms with Crippen LogP contribution in [0, 0.1) is 0 Å². The molecule has 0 aromatic heterocycles. The summed E-state index contributed by atoms with van der Waals surface area (Å²) in [5, 5.41) is 2.36. The number of thiocarbonyl (C=S) groups is 1. The molecule has 6 heteroatoms. The van der Waals surface area contributed by atoms with Gasteiger partial charge in [0.2, 0.25) is 0 Å². The monoisotopic (exact) mass is 198 g/mol.